The topological polar surface area (TPSA) is 46.5 Å². The number of carbonyl (C=O) groups is 1. The Labute approximate surface area is 69.3 Å². The number of rotatable bonds is 4. The van der Waals surface area contributed by atoms with Crippen molar-refractivity contribution >= 4 is 5.97 Å². The maximum Gasteiger partial charge on any atom is 0.379 e. The number of halogens is 2. The molecule has 12 heavy (non-hydrogen) atoms. The first kappa shape index (κ1) is 11.3. The molecule has 0 aromatic carbocycles. The van der Waals surface area contributed by atoms with Crippen LogP contribution in [0.4, 0.5) is 8.78 Å². The van der Waals surface area contributed by atoms with E-state index in [1.54, 1.807) is 0 Å². The molecule has 0 aliphatic rings. The predicted octanol–water partition coefficient (Wildman–Crippen LogP) is 0.956. The molecule has 0 unspecified atom stereocenters. The fraction of sp³-hybridized carbons (Fsp3) is 0.857. The number of alkyl halides is 2. The maximum absolute atomic E-state index is 12.7. The van der Waals surface area contributed by atoms with Crippen molar-refractivity contribution in [2.75, 3.05) is 6.61 Å². The largest absolute Gasteiger partial charge is 0.461 e. The summed E-state index contributed by atoms with van der Waals surface area (Å²) >= 11 is 0. The summed E-state index contributed by atoms with van der Waals surface area (Å²) in [4.78, 5) is 10.5. The van der Waals surface area contributed by atoms with Crippen LogP contribution >= 0.6 is 0 Å². The number of ether oxygens (including phenoxy) is 1. The Morgan fingerprint density at radius 1 is 1.58 bits per heavy atom. The number of hydrogen-bond acceptors (Lipinski definition) is 3. The molecule has 0 saturated carbocycles. The van der Waals surface area contributed by atoms with E-state index in [1.165, 1.54) is 13.8 Å². The van der Waals surface area contributed by atoms with E-state index in [9.17, 15) is 13.6 Å². The van der Waals surface area contributed by atoms with Gasteiger partial charge in [-0.3, -0.25) is 0 Å². The van der Waals surface area contributed by atoms with Gasteiger partial charge in [-0.05, 0) is 13.3 Å². The average Bonchev–Trinajstić information content (AvgIpc) is 2.03. The fourth-order valence-electron chi connectivity index (χ4n) is 0.620. The lowest BCUT2D eigenvalue weighted by Gasteiger charge is -2.18. The Morgan fingerprint density at radius 2 is 2.08 bits per heavy atom. The van der Waals surface area contributed by atoms with E-state index in [0.717, 1.165) is 0 Å². The molecule has 0 aromatic heterocycles. The summed E-state index contributed by atoms with van der Waals surface area (Å²) in [6, 6.07) is 0. The van der Waals surface area contributed by atoms with Crippen molar-refractivity contribution in [1.29, 1.82) is 0 Å². The highest BCUT2D eigenvalue weighted by Crippen LogP contribution is 2.22. The van der Waals surface area contributed by atoms with Gasteiger partial charge in [0.1, 0.15) is 6.10 Å². The second-order valence-corrected chi connectivity index (χ2v) is 2.27. The summed E-state index contributed by atoms with van der Waals surface area (Å²) < 4.78 is 29.4. The molecule has 0 aliphatic carbocycles. The van der Waals surface area contributed by atoms with Crippen molar-refractivity contribution in [2.45, 2.75) is 32.3 Å². The third-order valence-corrected chi connectivity index (χ3v) is 1.35. The van der Waals surface area contributed by atoms with Crippen LogP contribution in [0.2, 0.25) is 0 Å². The van der Waals surface area contributed by atoms with E-state index in [2.05, 4.69) is 4.74 Å². The van der Waals surface area contributed by atoms with Crippen LogP contribution in [0.5, 0.6) is 0 Å². The average molecular weight is 182 g/mol. The molecule has 5 heteroatoms. The monoisotopic (exact) mass is 182 g/mol. The zero-order valence-electron chi connectivity index (χ0n) is 7.01. The summed E-state index contributed by atoms with van der Waals surface area (Å²) in [5.41, 5.74) is 0. The molecule has 3 nitrogen and oxygen atoms in total. The highest BCUT2D eigenvalue weighted by molar-refractivity contribution is 5.78. The highest BCUT2D eigenvalue weighted by atomic mass is 19.3. The van der Waals surface area contributed by atoms with Crippen molar-refractivity contribution < 1.29 is 23.4 Å². The van der Waals surface area contributed by atoms with E-state index in [-0.39, 0.29) is 13.0 Å². The summed E-state index contributed by atoms with van der Waals surface area (Å²) in [6.07, 6.45) is -2.15. The van der Waals surface area contributed by atoms with Crippen LogP contribution < -0.4 is 0 Å². The molecule has 0 aromatic rings. The van der Waals surface area contributed by atoms with Crippen LogP contribution in [-0.4, -0.2) is 29.7 Å². The summed E-state index contributed by atoms with van der Waals surface area (Å²) in [5.74, 6) is -5.45. The molecule has 72 valence electrons. The van der Waals surface area contributed by atoms with Crippen LogP contribution in [0, 0.1) is 0 Å². The highest BCUT2D eigenvalue weighted by Gasteiger charge is 2.47. The number of esters is 1. The summed E-state index contributed by atoms with van der Waals surface area (Å²) in [5, 5.41) is 8.73. The first-order chi connectivity index (χ1) is 5.46. The van der Waals surface area contributed by atoms with Gasteiger partial charge < -0.3 is 9.84 Å². The van der Waals surface area contributed by atoms with Crippen LogP contribution in [0.15, 0.2) is 0 Å². The molecular formula is C7H12F2O3. The smallest absolute Gasteiger partial charge is 0.379 e. The lowest BCUT2D eigenvalue weighted by molar-refractivity contribution is -0.188. The Hall–Kier alpha value is -0.710. The van der Waals surface area contributed by atoms with Crippen LogP contribution in [0.3, 0.4) is 0 Å². The van der Waals surface area contributed by atoms with E-state index < -0.39 is 18.0 Å². The summed E-state index contributed by atoms with van der Waals surface area (Å²) in [6.45, 7) is 2.66. The van der Waals surface area contributed by atoms with Crippen molar-refractivity contribution in [3.63, 3.8) is 0 Å². The van der Waals surface area contributed by atoms with Gasteiger partial charge in [0.05, 0.1) is 6.61 Å². The van der Waals surface area contributed by atoms with Crippen molar-refractivity contribution in [3.8, 4) is 0 Å². The van der Waals surface area contributed by atoms with Gasteiger partial charge in [0.25, 0.3) is 0 Å². The predicted molar refractivity (Wildman–Crippen MR) is 37.9 cm³/mol. The third kappa shape index (κ3) is 2.41. The number of aliphatic hydroxyl groups is 1. The molecule has 0 rings (SSSR count). The van der Waals surface area contributed by atoms with Crippen LogP contribution in [-0.2, 0) is 9.53 Å². The molecule has 0 bridgehead atoms. The second kappa shape index (κ2) is 4.35. The van der Waals surface area contributed by atoms with Gasteiger partial charge in [-0.25, -0.2) is 4.79 Å². The second-order valence-electron chi connectivity index (χ2n) is 2.27. The van der Waals surface area contributed by atoms with Gasteiger partial charge in [-0.15, -0.1) is 0 Å². The van der Waals surface area contributed by atoms with Gasteiger partial charge >= 0.3 is 11.9 Å². The zero-order valence-corrected chi connectivity index (χ0v) is 7.01. The SMILES string of the molecule is CCOC(=O)C(F)(F)[C@H](O)CC. The van der Waals surface area contributed by atoms with Gasteiger partial charge in [-0.2, -0.15) is 8.78 Å². The van der Waals surface area contributed by atoms with Crippen LogP contribution in [0.1, 0.15) is 20.3 Å². The fourth-order valence-corrected chi connectivity index (χ4v) is 0.620. The number of aliphatic hydroxyl groups excluding tert-OH is 1. The molecule has 1 N–H and O–H groups in total. The van der Waals surface area contributed by atoms with Gasteiger partial charge in [-0.1, -0.05) is 6.92 Å². The number of hydrogen-bond donors (Lipinski definition) is 1. The van der Waals surface area contributed by atoms with E-state index in [1.807, 2.05) is 0 Å². The quantitative estimate of drug-likeness (QED) is 0.658. The van der Waals surface area contributed by atoms with Gasteiger partial charge in [0, 0.05) is 0 Å². The van der Waals surface area contributed by atoms with Crippen molar-refractivity contribution in [3.05, 3.63) is 0 Å². The standard InChI is InChI=1S/C7H12F2O3/c1-3-5(10)7(8,9)6(11)12-4-2/h5,10H,3-4H2,1-2H3/t5-/m1/s1. The minimum Gasteiger partial charge on any atom is -0.461 e. The lowest BCUT2D eigenvalue weighted by atomic mass is 10.1. The van der Waals surface area contributed by atoms with E-state index in [0.29, 0.717) is 0 Å². The first-order valence-electron chi connectivity index (χ1n) is 3.69. The van der Waals surface area contributed by atoms with Gasteiger partial charge in [0.2, 0.25) is 0 Å². The van der Waals surface area contributed by atoms with Gasteiger partial charge in [0.15, 0.2) is 0 Å². The normalized spacial score (nSPS) is 14.1. The molecule has 0 spiro atoms. The Kier molecular flexibility index (Phi) is 4.09. The van der Waals surface area contributed by atoms with Crippen LogP contribution in [0.25, 0.3) is 0 Å². The maximum atomic E-state index is 12.7. The van der Waals surface area contributed by atoms with Crippen molar-refractivity contribution in [1.82, 2.24) is 0 Å². The number of carbonyl (C=O) groups excluding carboxylic acids is 1. The third-order valence-electron chi connectivity index (χ3n) is 1.35. The molecule has 0 amide bonds. The molecule has 0 heterocycles. The summed E-state index contributed by atoms with van der Waals surface area (Å²) in [7, 11) is 0. The molecule has 1 atom stereocenters. The zero-order chi connectivity index (χ0) is 9.78. The molecule has 0 fully saturated rings. The Balaban J connectivity index is 4.27. The minimum atomic E-state index is -3.79. The molecule has 0 saturated heterocycles. The van der Waals surface area contributed by atoms with Crippen molar-refractivity contribution in [2.24, 2.45) is 0 Å². The minimum absolute atomic E-state index is 0.120. The Bertz CT molecular complexity index is 159. The molecular weight excluding hydrogens is 170 g/mol. The Morgan fingerprint density at radius 3 is 2.42 bits per heavy atom. The molecule has 0 radical (unpaired) electrons. The van der Waals surface area contributed by atoms with E-state index >= 15 is 0 Å². The first-order valence-corrected chi connectivity index (χ1v) is 3.69. The molecule has 0 aliphatic heterocycles. The van der Waals surface area contributed by atoms with E-state index in [4.69, 9.17) is 5.11 Å². The lowest BCUT2D eigenvalue weighted by Crippen LogP contribution is -2.42.